The number of nitrogens with one attached hydrogen (secondary N) is 2. The fourth-order valence-electron chi connectivity index (χ4n) is 3.11. The van der Waals surface area contributed by atoms with Crippen LogP contribution in [0.1, 0.15) is 64.0 Å². The minimum absolute atomic E-state index is 0.0951. The zero-order valence-corrected chi connectivity index (χ0v) is 15.5. The Kier molecular flexibility index (Phi) is 5.59. The molecule has 2 amide bonds. The summed E-state index contributed by atoms with van der Waals surface area (Å²) in [5.74, 6) is 0.552. The van der Waals surface area contributed by atoms with Crippen molar-refractivity contribution in [3.63, 3.8) is 0 Å². The van der Waals surface area contributed by atoms with Gasteiger partial charge >= 0.3 is 0 Å². The van der Waals surface area contributed by atoms with Crippen LogP contribution in [-0.2, 0) is 6.42 Å². The maximum absolute atomic E-state index is 12.3. The van der Waals surface area contributed by atoms with E-state index in [0.717, 1.165) is 36.1 Å². The number of fused-ring (bicyclic) bond motifs is 1. The number of hydrogen-bond acceptors (Lipinski definition) is 5. The highest BCUT2D eigenvalue weighted by molar-refractivity contribution is 6.07. The fraction of sp³-hybridized carbons (Fsp3) is 0.350. The third kappa shape index (κ3) is 4.02. The Bertz CT molecular complexity index is 881. The van der Waals surface area contributed by atoms with Crippen LogP contribution < -0.4 is 10.7 Å². The van der Waals surface area contributed by atoms with Gasteiger partial charge in [-0.15, -0.1) is 0 Å². The summed E-state index contributed by atoms with van der Waals surface area (Å²) >= 11 is 0. The first-order valence-electron chi connectivity index (χ1n) is 9.08. The lowest BCUT2D eigenvalue weighted by molar-refractivity contribution is 0.0921. The first-order valence-corrected chi connectivity index (χ1v) is 9.08. The van der Waals surface area contributed by atoms with Gasteiger partial charge in [-0.3, -0.25) is 9.59 Å². The smallest absolute Gasteiger partial charge is 0.287 e. The number of aryl methyl sites for hydroxylation is 1. The SMILES string of the molecule is CCCNC(=O)c1oc2c(c1C)/C(=N/NC(=O)c1ccc(O)cc1)CCC2. The number of benzene rings is 1. The molecule has 3 rings (SSSR count). The lowest BCUT2D eigenvalue weighted by Crippen LogP contribution is -2.24. The third-order valence-electron chi connectivity index (χ3n) is 4.49. The highest BCUT2D eigenvalue weighted by Gasteiger charge is 2.27. The van der Waals surface area contributed by atoms with Crippen molar-refractivity contribution in [3.05, 3.63) is 52.5 Å². The number of nitrogens with zero attached hydrogens (tertiary/aromatic N) is 1. The number of phenolic OH excluding ortho intramolecular Hbond substituents is 1. The van der Waals surface area contributed by atoms with Crippen LogP contribution in [0.2, 0.25) is 0 Å². The lowest BCUT2D eigenvalue weighted by atomic mass is 9.93. The number of amides is 2. The molecule has 1 aliphatic rings. The molecule has 1 aromatic heterocycles. The number of phenols is 1. The van der Waals surface area contributed by atoms with Gasteiger partial charge in [0.1, 0.15) is 11.5 Å². The van der Waals surface area contributed by atoms with Crippen LogP contribution in [0, 0.1) is 6.92 Å². The van der Waals surface area contributed by atoms with Gasteiger partial charge in [0.05, 0.1) is 5.71 Å². The minimum atomic E-state index is -0.364. The summed E-state index contributed by atoms with van der Waals surface area (Å²) in [6.07, 6.45) is 3.12. The highest BCUT2D eigenvalue weighted by atomic mass is 16.4. The predicted octanol–water partition coefficient (Wildman–Crippen LogP) is 2.90. The van der Waals surface area contributed by atoms with Gasteiger partial charge in [0, 0.05) is 29.7 Å². The van der Waals surface area contributed by atoms with Crippen molar-refractivity contribution in [2.24, 2.45) is 5.10 Å². The van der Waals surface area contributed by atoms with E-state index >= 15 is 0 Å². The van der Waals surface area contributed by atoms with Crippen molar-refractivity contribution in [2.75, 3.05) is 6.54 Å². The maximum atomic E-state index is 12.3. The Balaban J connectivity index is 1.82. The minimum Gasteiger partial charge on any atom is -0.508 e. The first kappa shape index (κ1) is 18.7. The lowest BCUT2D eigenvalue weighted by Gasteiger charge is -2.13. The molecule has 0 saturated carbocycles. The second kappa shape index (κ2) is 8.07. The summed E-state index contributed by atoms with van der Waals surface area (Å²) < 4.78 is 5.80. The Morgan fingerprint density at radius 2 is 1.93 bits per heavy atom. The third-order valence-corrected chi connectivity index (χ3v) is 4.49. The van der Waals surface area contributed by atoms with Crippen molar-refractivity contribution in [1.82, 2.24) is 10.7 Å². The van der Waals surface area contributed by atoms with Crippen LogP contribution in [0.5, 0.6) is 5.75 Å². The maximum Gasteiger partial charge on any atom is 0.287 e. The van der Waals surface area contributed by atoms with Gasteiger partial charge in [0.15, 0.2) is 5.76 Å². The molecule has 142 valence electrons. The second-order valence-corrected chi connectivity index (χ2v) is 6.51. The zero-order valence-electron chi connectivity index (χ0n) is 15.5. The topological polar surface area (TPSA) is 104 Å². The normalized spacial score (nSPS) is 14.7. The van der Waals surface area contributed by atoms with Gasteiger partial charge < -0.3 is 14.8 Å². The molecule has 1 aliphatic carbocycles. The van der Waals surface area contributed by atoms with Gasteiger partial charge in [-0.1, -0.05) is 6.92 Å². The number of hydrazone groups is 1. The summed E-state index contributed by atoms with van der Waals surface area (Å²) in [7, 11) is 0. The van der Waals surface area contributed by atoms with Crippen molar-refractivity contribution < 1.29 is 19.1 Å². The van der Waals surface area contributed by atoms with Crippen molar-refractivity contribution >= 4 is 17.5 Å². The second-order valence-electron chi connectivity index (χ2n) is 6.51. The molecular weight excluding hydrogens is 346 g/mol. The van der Waals surface area contributed by atoms with E-state index in [2.05, 4.69) is 15.8 Å². The summed E-state index contributed by atoms with van der Waals surface area (Å²) in [6, 6.07) is 5.94. The number of aromatic hydroxyl groups is 1. The molecule has 0 unspecified atom stereocenters. The van der Waals surface area contributed by atoms with E-state index in [1.54, 1.807) is 0 Å². The molecule has 2 aromatic rings. The van der Waals surface area contributed by atoms with Gasteiger partial charge in [-0.05, 0) is 50.5 Å². The summed E-state index contributed by atoms with van der Waals surface area (Å²) in [5.41, 5.74) is 5.22. The first-order chi connectivity index (χ1) is 13.0. The van der Waals surface area contributed by atoms with Gasteiger partial charge in [-0.25, -0.2) is 5.43 Å². The zero-order chi connectivity index (χ0) is 19.4. The molecule has 7 heteroatoms. The summed E-state index contributed by atoms with van der Waals surface area (Å²) in [5, 5.41) is 16.4. The number of hydrogen-bond donors (Lipinski definition) is 3. The Hall–Kier alpha value is -3.09. The van der Waals surface area contributed by atoms with Crippen LogP contribution in [0.3, 0.4) is 0 Å². The van der Waals surface area contributed by atoms with E-state index in [1.807, 2.05) is 13.8 Å². The molecule has 3 N–H and O–H groups in total. The van der Waals surface area contributed by atoms with Crippen molar-refractivity contribution in [2.45, 2.75) is 39.5 Å². The monoisotopic (exact) mass is 369 g/mol. The van der Waals surface area contributed by atoms with Crippen LogP contribution in [0.25, 0.3) is 0 Å². The molecule has 0 radical (unpaired) electrons. The van der Waals surface area contributed by atoms with Crippen molar-refractivity contribution in [3.8, 4) is 5.75 Å². The highest BCUT2D eigenvalue weighted by Crippen LogP contribution is 2.29. The van der Waals surface area contributed by atoms with Gasteiger partial charge in [0.25, 0.3) is 11.8 Å². The number of rotatable bonds is 5. The Morgan fingerprint density at radius 3 is 2.63 bits per heavy atom. The van der Waals surface area contributed by atoms with Crippen LogP contribution in [-0.4, -0.2) is 29.2 Å². The molecule has 0 atom stereocenters. The fourth-order valence-corrected chi connectivity index (χ4v) is 3.11. The molecule has 1 aromatic carbocycles. The van der Waals surface area contributed by atoms with E-state index in [9.17, 15) is 14.7 Å². The van der Waals surface area contributed by atoms with Gasteiger partial charge in [-0.2, -0.15) is 5.10 Å². The molecule has 0 bridgehead atoms. The van der Waals surface area contributed by atoms with E-state index in [4.69, 9.17) is 4.42 Å². The Morgan fingerprint density at radius 1 is 1.19 bits per heavy atom. The van der Waals surface area contributed by atoms with Crippen LogP contribution in [0.15, 0.2) is 33.8 Å². The standard InChI is InChI=1S/C20H23N3O4/c1-3-11-21-20(26)18-12(2)17-15(5-4-6-16(17)27-18)22-23-19(25)13-7-9-14(24)10-8-13/h7-10,24H,3-6,11H2,1-2H3,(H,21,26)(H,23,25)/b22-15+. The largest absolute Gasteiger partial charge is 0.508 e. The van der Waals surface area contributed by atoms with E-state index in [-0.39, 0.29) is 17.6 Å². The number of carbonyl (C=O) groups is 2. The molecule has 7 nitrogen and oxygen atoms in total. The Labute approximate surface area is 157 Å². The quantitative estimate of drug-likeness (QED) is 0.705. The van der Waals surface area contributed by atoms with Crippen LogP contribution >= 0.6 is 0 Å². The molecule has 1 heterocycles. The number of carbonyl (C=O) groups excluding carboxylic acids is 2. The van der Waals surface area contributed by atoms with E-state index in [0.29, 0.717) is 30.0 Å². The molecule has 0 spiro atoms. The average Bonchev–Trinajstić information content (AvgIpc) is 3.02. The molecule has 0 fully saturated rings. The van der Waals surface area contributed by atoms with E-state index in [1.165, 1.54) is 24.3 Å². The van der Waals surface area contributed by atoms with Crippen LogP contribution in [0.4, 0.5) is 0 Å². The predicted molar refractivity (Wildman–Crippen MR) is 101 cm³/mol. The summed E-state index contributed by atoms with van der Waals surface area (Å²) in [4.78, 5) is 24.5. The number of furan rings is 1. The van der Waals surface area contributed by atoms with E-state index < -0.39 is 0 Å². The molecule has 0 saturated heterocycles. The van der Waals surface area contributed by atoms with Crippen molar-refractivity contribution in [1.29, 1.82) is 0 Å². The summed E-state index contributed by atoms with van der Waals surface area (Å²) in [6.45, 7) is 4.42. The molecule has 27 heavy (non-hydrogen) atoms. The average molecular weight is 369 g/mol. The molecule has 0 aliphatic heterocycles. The van der Waals surface area contributed by atoms with Gasteiger partial charge in [0.2, 0.25) is 0 Å². The molecular formula is C20H23N3O4.